The van der Waals surface area contributed by atoms with E-state index in [1.54, 1.807) is 0 Å². The van der Waals surface area contributed by atoms with Crippen molar-refractivity contribution in [2.45, 2.75) is 501 Å². The van der Waals surface area contributed by atoms with Crippen LogP contribution in [0.15, 0.2) is 0 Å². The molecule has 0 bridgehead atoms. The molecule has 7 fully saturated rings. The summed E-state index contributed by atoms with van der Waals surface area (Å²) in [5.41, 5.74) is -3.62. The van der Waals surface area contributed by atoms with Gasteiger partial charge in [0.2, 0.25) is 0 Å². The van der Waals surface area contributed by atoms with Crippen molar-refractivity contribution in [2.75, 3.05) is 72.0 Å². The van der Waals surface area contributed by atoms with Gasteiger partial charge in [0.05, 0.1) is 44.9 Å². The number of nitrogens with zero attached hydrogens (tertiary/aromatic N) is 5. The zero-order valence-corrected chi connectivity index (χ0v) is 82.9. The van der Waals surface area contributed by atoms with Gasteiger partial charge in [-0.3, -0.25) is 53.2 Å². The number of carbonyl (C=O) groups is 7. The molecule has 7 rings (SSSR count). The van der Waals surface area contributed by atoms with Crippen LogP contribution in [0, 0.1) is 0 Å². The van der Waals surface area contributed by atoms with Gasteiger partial charge in [0, 0.05) is 264 Å². The van der Waals surface area contributed by atoms with Gasteiger partial charge in [0.15, 0.2) is 0 Å². The van der Waals surface area contributed by atoms with Gasteiger partial charge in [-0.2, -0.15) is 0 Å². The average Bonchev–Trinajstić information content (AvgIpc) is 0.836. The predicted octanol–water partition coefficient (Wildman–Crippen LogP) is 12.7. The maximum absolute atomic E-state index is 14.8. The van der Waals surface area contributed by atoms with Gasteiger partial charge in [-0.1, -0.05) is 0 Å². The molecule has 122 heavy (non-hydrogen) atoms. The average molecular weight is 1720 g/mol. The third-order valence-electron chi connectivity index (χ3n) is 25.9. The second-order valence-corrected chi connectivity index (χ2v) is 48.4. The molecular weight excluding hydrogens is 1550 g/mol. The topological polar surface area (TPSA) is 285 Å². The third-order valence-corrected chi connectivity index (χ3v) is 25.9. The van der Waals surface area contributed by atoms with E-state index in [1.807, 2.05) is 0 Å². The largest absolute Gasteiger partial charge is 0.462 e. The summed E-state index contributed by atoms with van der Waals surface area (Å²) in [5.74, 6) is -2.12. The molecule has 26 heteroatoms. The quantitative estimate of drug-likeness (QED) is 0.0222. The second-order valence-electron chi connectivity index (χ2n) is 48.4. The highest BCUT2D eigenvalue weighted by Gasteiger charge is 2.47. The molecule has 0 radical (unpaired) electrons. The Morgan fingerprint density at radius 1 is 0.213 bits per heavy atom. The van der Waals surface area contributed by atoms with Crippen molar-refractivity contribution in [3.63, 3.8) is 0 Å². The summed E-state index contributed by atoms with van der Waals surface area (Å²) in [6, 6.07) is -1.15. The highest BCUT2D eigenvalue weighted by Crippen LogP contribution is 2.38. The second kappa shape index (κ2) is 41.3. The highest BCUT2D eigenvalue weighted by atomic mass is 16.6. The molecule has 7 N–H and O–H groups in total. The summed E-state index contributed by atoms with van der Waals surface area (Å²) in [4.78, 5) is 113. The van der Waals surface area contributed by atoms with E-state index in [9.17, 15) is 33.6 Å². The molecule has 0 saturated carbocycles. The van der Waals surface area contributed by atoms with E-state index in [1.165, 1.54) is 0 Å². The minimum Gasteiger partial charge on any atom is -0.462 e. The van der Waals surface area contributed by atoms with Gasteiger partial charge in [0.25, 0.3) is 0 Å². The number of nitrogens with one attached hydrogen (secondary N) is 7. The normalized spacial score (nSPS) is 25.3. The van der Waals surface area contributed by atoms with Crippen LogP contribution in [0.4, 0.5) is 0 Å². The van der Waals surface area contributed by atoms with Gasteiger partial charge in [-0.05, 0) is 222 Å². The van der Waals surface area contributed by atoms with Crippen LogP contribution in [-0.4, -0.2) is 283 Å². The molecule has 4 unspecified atom stereocenters. The maximum atomic E-state index is 14.8. The SMILES string of the molecule is CC(CN(CCC(=O)OC1CC(C)(C)NC(C)(C)C1)C(C)CN(CCC(=O)OC1CC(C)(C)NC(C)(C)C1)C(C)CN(CCC(=O)OC1CC(C)(C)NC(C)(C)C1)C(C)CN(CCC(=O)OC1CC(C)(C)NC(C)(C)C1)CCC(=O)OC1CC(C)(C)NC(C)(C)C1)N(CCC(=O)OC1CC(C)(C)NC(C)(C)C1)CCC(=O)OC1CC(C)(C)NC(C)(C)C1. The van der Waals surface area contributed by atoms with Crippen LogP contribution in [0.25, 0.3) is 0 Å². The van der Waals surface area contributed by atoms with E-state index < -0.39 is 0 Å². The Kier molecular flexibility index (Phi) is 35.5. The van der Waals surface area contributed by atoms with Crippen molar-refractivity contribution in [1.82, 2.24) is 61.7 Å². The van der Waals surface area contributed by atoms with Gasteiger partial charge < -0.3 is 75.3 Å². The predicted molar refractivity (Wildman–Crippen MR) is 486 cm³/mol. The molecule has 0 amide bonds. The Bertz CT molecular complexity index is 3230. The monoisotopic (exact) mass is 1720 g/mol. The number of ether oxygens (including phenoxy) is 7. The van der Waals surface area contributed by atoms with Crippen LogP contribution < -0.4 is 37.2 Å². The summed E-state index contributed by atoms with van der Waals surface area (Å²) in [5, 5.41) is 26.0. The first kappa shape index (κ1) is 105. The molecule has 0 aromatic heterocycles. The van der Waals surface area contributed by atoms with E-state index in [-0.39, 0.29) is 231 Å². The number of carbonyl (C=O) groups excluding carboxylic acids is 7. The molecule has 0 aliphatic carbocycles. The molecule has 0 spiro atoms. The van der Waals surface area contributed by atoms with Crippen molar-refractivity contribution in [1.29, 1.82) is 0 Å². The van der Waals surface area contributed by atoms with E-state index in [4.69, 9.17) is 33.2 Å². The van der Waals surface area contributed by atoms with E-state index in [2.05, 4.69) is 283 Å². The summed E-state index contributed by atoms with van der Waals surface area (Å²) < 4.78 is 44.8. The fourth-order valence-electron chi connectivity index (χ4n) is 23.7. The highest BCUT2D eigenvalue weighted by molar-refractivity contribution is 5.72. The molecule has 4 atom stereocenters. The minimum absolute atomic E-state index is 0.0791. The number of rotatable bonds is 40. The Balaban J connectivity index is 1.25. The Hall–Kier alpha value is -4.19. The van der Waals surface area contributed by atoms with Gasteiger partial charge in [0.1, 0.15) is 42.7 Å². The van der Waals surface area contributed by atoms with Crippen molar-refractivity contribution in [2.24, 2.45) is 0 Å². The molecule has 26 nitrogen and oxygen atoms in total. The lowest BCUT2D eigenvalue weighted by Gasteiger charge is -2.46. The molecular formula is C96H178N12O14. The van der Waals surface area contributed by atoms with Crippen molar-refractivity contribution < 1.29 is 66.7 Å². The maximum Gasteiger partial charge on any atom is 0.307 e. The lowest BCUT2D eigenvalue weighted by molar-refractivity contribution is -0.156. The van der Waals surface area contributed by atoms with Crippen LogP contribution in [0.5, 0.6) is 0 Å². The smallest absolute Gasteiger partial charge is 0.307 e. The lowest BCUT2D eigenvalue weighted by atomic mass is 9.81. The van der Waals surface area contributed by atoms with Crippen molar-refractivity contribution >= 4 is 41.8 Å². The van der Waals surface area contributed by atoms with E-state index in [0.29, 0.717) is 162 Å². The van der Waals surface area contributed by atoms with Crippen LogP contribution in [0.1, 0.15) is 356 Å². The summed E-state index contributed by atoms with van der Waals surface area (Å²) in [7, 11) is 0. The third kappa shape index (κ3) is 37.1. The number of piperidine rings is 7. The Morgan fingerprint density at radius 2 is 0.336 bits per heavy atom. The Morgan fingerprint density at radius 3 is 0.492 bits per heavy atom. The van der Waals surface area contributed by atoms with Gasteiger partial charge in [-0.15, -0.1) is 0 Å². The zero-order valence-electron chi connectivity index (χ0n) is 82.9. The van der Waals surface area contributed by atoms with Crippen LogP contribution in [0.2, 0.25) is 0 Å². The molecule has 706 valence electrons. The van der Waals surface area contributed by atoms with Crippen LogP contribution in [0.3, 0.4) is 0 Å². The van der Waals surface area contributed by atoms with Crippen molar-refractivity contribution in [3.8, 4) is 0 Å². The van der Waals surface area contributed by atoms with Crippen LogP contribution >= 0.6 is 0 Å². The van der Waals surface area contributed by atoms with E-state index >= 15 is 0 Å². The molecule has 7 heterocycles. The number of esters is 7. The van der Waals surface area contributed by atoms with E-state index in [0.717, 1.165) is 0 Å². The zero-order chi connectivity index (χ0) is 91.8. The first-order chi connectivity index (χ1) is 55.5. The molecule has 0 aromatic rings. The standard InChI is InChI=1S/C96H178N12O14/c1-65(61-104(40-33-76(109)116-69-47-83(5,6)97-84(7,8)48-69)41-34-77(110)117-70-49-85(9,10)98-86(11,12)50-70)106(44-37-80(113)120-73-55-91(21,22)101-92(23,24)56-73)63-67(3)108(46-39-82(115)122-75-59-95(29,30)103-96(31,32)60-75)64-68(4)107(45-38-81(114)121-74-57-93(25,26)102-94(27,28)58-74)62-66(2)105(42-35-78(111)118-71-51-87(13,14)99-88(15,16)52-71)43-36-79(112)119-72-53-89(17,18)100-90(19,20)54-72/h65-75,97-103H,33-64H2,1-32H3. The minimum atomic E-state index is -0.311. The summed E-state index contributed by atoms with van der Waals surface area (Å²) in [6.07, 6.45) is 7.80. The summed E-state index contributed by atoms with van der Waals surface area (Å²) in [6.45, 7) is 72.4. The fraction of sp³-hybridized carbons (Fsp3) is 0.927. The number of hydrogen-bond acceptors (Lipinski definition) is 26. The fourth-order valence-corrected chi connectivity index (χ4v) is 23.7. The molecule has 0 aromatic carbocycles. The molecule has 7 saturated heterocycles. The van der Waals surface area contributed by atoms with Crippen LogP contribution in [-0.2, 0) is 66.7 Å². The summed E-state index contributed by atoms with van der Waals surface area (Å²) >= 11 is 0. The van der Waals surface area contributed by atoms with Gasteiger partial charge >= 0.3 is 41.8 Å². The first-order valence-electron chi connectivity index (χ1n) is 47.1. The first-order valence-corrected chi connectivity index (χ1v) is 47.1. The molecule has 7 aliphatic rings. The van der Waals surface area contributed by atoms with Crippen molar-refractivity contribution in [3.05, 3.63) is 0 Å². The Labute approximate surface area is 739 Å². The van der Waals surface area contributed by atoms with Gasteiger partial charge in [-0.25, -0.2) is 0 Å². The lowest BCUT2D eigenvalue weighted by Crippen LogP contribution is -2.60. The number of hydrogen-bond donors (Lipinski definition) is 7. The molecule has 7 aliphatic heterocycles.